The summed E-state index contributed by atoms with van der Waals surface area (Å²) in [5.41, 5.74) is 5.59. The highest BCUT2D eigenvalue weighted by molar-refractivity contribution is 9.10. The van der Waals surface area contributed by atoms with Gasteiger partial charge in [-0.2, -0.15) is 0 Å². The molecule has 7 heteroatoms. The van der Waals surface area contributed by atoms with Crippen molar-refractivity contribution in [3.8, 4) is 0 Å². The van der Waals surface area contributed by atoms with Crippen molar-refractivity contribution in [2.24, 2.45) is 5.73 Å². The van der Waals surface area contributed by atoms with Crippen LogP contribution < -0.4 is 10.5 Å². The molecule has 0 spiro atoms. The highest BCUT2D eigenvalue weighted by Crippen LogP contribution is 2.15. The molecule has 0 saturated carbocycles. The van der Waals surface area contributed by atoms with Crippen LogP contribution in [0, 0.1) is 0 Å². The number of hydrogen-bond donors (Lipinski definition) is 2. The van der Waals surface area contributed by atoms with Gasteiger partial charge >= 0.3 is 0 Å². The first-order chi connectivity index (χ1) is 8.49. The van der Waals surface area contributed by atoms with Crippen LogP contribution in [0.5, 0.6) is 0 Å². The van der Waals surface area contributed by atoms with Gasteiger partial charge in [0.2, 0.25) is 10.0 Å². The first-order valence-corrected chi connectivity index (χ1v) is 8.25. The molecule has 0 amide bonds. The van der Waals surface area contributed by atoms with E-state index in [0.29, 0.717) is 6.54 Å². The normalized spacial score (nSPS) is 12.8. The van der Waals surface area contributed by atoms with Crippen LogP contribution in [-0.2, 0) is 10.0 Å². The number of nitrogens with one attached hydrogen (secondary N) is 1. The number of sulfonamides is 1. The number of nitrogens with two attached hydrogens (primary N) is 1. The maximum atomic E-state index is 12.1. The summed E-state index contributed by atoms with van der Waals surface area (Å²) in [6.45, 7) is 2.38. The van der Waals surface area contributed by atoms with Crippen LogP contribution in [-0.4, -0.2) is 21.0 Å². The van der Waals surface area contributed by atoms with Crippen LogP contribution in [0.4, 0.5) is 0 Å². The third kappa shape index (κ3) is 6.23. The Bertz CT molecular complexity index is 465. The average molecular weight is 372 g/mol. The molecule has 0 aliphatic heterocycles. The van der Waals surface area contributed by atoms with E-state index in [4.69, 9.17) is 5.73 Å². The monoisotopic (exact) mass is 370 g/mol. The Morgan fingerprint density at radius 3 is 2.37 bits per heavy atom. The molecule has 0 bridgehead atoms. The summed E-state index contributed by atoms with van der Waals surface area (Å²) in [6.07, 6.45) is 2.75. The quantitative estimate of drug-likeness (QED) is 0.774. The van der Waals surface area contributed by atoms with E-state index >= 15 is 0 Å². The van der Waals surface area contributed by atoms with E-state index in [1.54, 1.807) is 24.3 Å². The topological polar surface area (TPSA) is 72.2 Å². The van der Waals surface area contributed by atoms with Crippen molar-refractivity contribution in [2.45, 2.75) is 37.1 Å². The summed E-state index contributed by atoms with van der Waals surface area (Å²) < 4.78 is 27.7. The van der Waals surface area contributed by atoms with Gasteiger partial charge in [0.25, 0.3) is 0 Å². The first kappa shape index (κ1) is 18.9. The fourth-order valence-corrected chi connectivity index (χ4v) is 3.12. The smallest absolute Gasteiger partial charge is 0.240 e. The minimum absolute atomic E-state index is 0. The van der Waals surface area contributed by atoms with Crippen molar-refractivity contribution in [2.75, 3.05) is 6.54 Å². The van der Waals surface area contributed by atoms with Gasteiger partial charge in [-0.05, 0) is 30.7 Å². The van der Waals surface area contributed by atoms with Gasteiger partial charge < -0.3 is 5.73 Å². The Kier molecular flexibility index (Phi) is 8.85. The lowest BCUT2D eigenvalue weighted by Gasteiger charge is -2.16. The maximum Gasteiger partial charge on any atom is 0.240 e. The molecule has 3 N–H and O–H groups in total. The summed E-state index contributed by atoms with van der Waals surface area (Å²) in [6, 6.07) is 6.36. The van der Waals surface area contributed by atoms with E-state index < -0.39 is 10.0 Å². The molecule has 0 radical (unpaired) electrons. The minimum Gasteiger partial charge on any atom is -0.329 e. The molecule has 0 aliphatic carbocycles. The van der Waals surface area contributed by atoms with E-state index in [2.05, 4.69) is 27.6 Å². The molecular weight excluding hydrogens is 352 g/mol. The lowest BCUT2D eigenvalue weighted by atomic mass is 10.1. The second-order valence-electron chi connectivity index (χ2n) is 4.15. The van der Waals surface area contributed by atoms with Crippen molar-refractivity contribution in [3.63, 3.8) is 0 Å². The zero-order valence-corrected chi connectivity index (χ0v) is 14.0. The molecular formula is C12H20BrClN2O2S. The zero-order valence-electron chi connectivity index (χ0n) is 10.8. The first-order valence-electron chi connectivity index (χ1n) is 5.97. The molecule has 110 valence electrons. The summed E-state index contributed by atoms with van der Waals surface area (Å²) in [7, 11) is -3.47. The second kappa shape index (κ2) is 8.92. The molecule has 0 heterocycles. The molecule has 1 rings (SSSR count). The standard InChI is InChI=1S/C12H19BrN2O2S.ClH/c1-2-3-4-11(9-14)15-18(16,17)12-7-5-10(13)6-8-12;/h5-8,11,15H,2-4,9,14H2,1H3;1H. The largest absolute Gasteiger partial charge is 0.329 e. The van der Waals surface area contributed by atoms with Crippen LogP contribution in [0.15, 0.2) is 33.6 Å². The van der Waals surface area contributed by atoms with Gasteiger partial charge in [-0.3, -0.25) is 0 Å². The van der Waals surface area contributed by atoms with Crippen molar-refractivity contribution in [3.05, 3.63) is 28.7 Å². The number of hydrogen-bond acceptors (Lipinski definition) is 3. The van der Waals surface area contributed by atoms with Gasteiger partial charge in [-0.15, -0.1) is 12.4 Å². The Morgan fingerprint density at radius 2 is 1.89 bits per heavy atom. The van der Waals surface area contributed by atoms with Crippen LogP contribution >= 0.6 is 28.3 Å². The van der Waals surface area contributed by atoms with E-state index in [1.165, 1.54) is 0 Å². The molecule has 1 aromatic carbocycles. The fourth-order valence-electron chi connectivity index (χ4n) is 1.58. The van der Waals surface area contributed by atoms with Crippen LogP contribution in [0.25, 0.3) is 0 Å². The van der Waals surface area contributed by atoms with Crippen LogP contribution in [0.1, 0.15) is 26.2 Å². The number of unbranched alkanes of at least 4 members (excludes halogenated alkanes) is 1. The summed E-state index contributed by atoms with van der Waals surface area (Å²) in [5.74, 6) is 0. The van der Waals surface area contributed by atoms with E-state index in [0.717, 1.165) is 23.7 Å². The van der Waals surface area contributed by atoms with Crippen molar-refractivity contribution < 1.29 is 8.42 Å². The second-order valence-corrected chi connectivity index (χ2v) is 6.78. The third-order valence-electron chi connectivity index (χ3n) is 2.64. The molecule has 1 aromatic rings. The van der Waals surface area contributed by atoms with Crippen molar-refractivity contribution >= 4 is 38.4 Å². The van der Waals surface area contributed by atoms with E-state index in [-0.39, 0.29) is 23.3 Å². The Labute approximate surface area is 129 Å². The van der Waals surface area contributed by atoms with Gasteiger partial charge in [0.05, 0.1) is 4.90 Å². The van der Waals surface area contributed by atoms with Gasteiger partial charge in [-0.25, -0.2) is 13.1 Å². The Morgan fingerprint density at radius 1 is 1.32 bits per heavy atom. The van der Waals surface area contributed by atoms with Gasteiger partial charge in [0, 0.05) is 17.1 Å². The van der Waals surface area contributed by atoms with Crippen LogP contribution in [0.2, 0.25) is 0 Å². The SMILES string of the molecule is CCCCC(CN)NS(=O)(=O)c1ccc(Br)cc1.Cl. The highest BCUT2D eigenvalue weighted by atomic mass is 79.9. The summed E-state index contributed by atoms with van der Waals surface area (Å²) in [4.78, 5) is 0.264. The lowest BCUT2D eigenvalue weighted by Crippen LogP contribution is -2.40. The Hall–Kier alpha value is -0.140. The van der Waals surface area contributed by atoms with Crippen LogP contribution in [0.3, 0.4) is 0 Å². The molecule has 1 unspecified atom stereocenters. The van der Waals surface area contributed by atoms with Gasteiger partial charge in [-0.1, -0.05) is 35.7 Å². The molecule has 19 heavy (non-hydrogen) atoms. The molecule has 4 nitrogen and oxygen atoms in total. The predicted octanol–water partition coefficient (Wildman–Crippen LogP) is 2.67. The average Bonchev–Trinajstić information content (AvgIpc) is 2.35. The Balaban J connectivity index is 0.00000324. The molecule has 0 saturated heterocycles. The number of halogens is 2. The molecule has 0 aliphatic rings. The molecule has 0 aromatic heterocycles. The minimum atomic E-state index is -3.47. The lowest BCUT2D eigenvalue weighted by molar-refractivity contribution is 0.516. The maximum absolute atomic E-state index is 12.1. The fraction of sp³-hybridized carbons (Fsp3) is 0.500. The van der Waals surface area contributed by atoms with Gasteiger partial charge in [0.15, 0.2) is 0 Å². The van der Waals surface area contributed by atoms with E-state index in [9.17, 15) is 8.42 Å². The molecule has 1 atom stereocenters. The third-order valence-corrected chi connectivity index (χ3v) is 4.70. The summed E-state index contributed by atoms with van der Waals surface area (Å²) >= 11 is 3.28. The predicted molar refractivity (Wildman–Crippen MR) is 84.1 cm³/mol. The molecule has 0 fully saturated rings. The summed E-state index contributed by atoms with van der Waals surface area (Å²) in [5, 5.41) is 0. The van der Waals surface area contributed by atoms with Crippen molar-refractivity contribution in [1.29, 1.82) is 0 Å². The highest BCUT2D eigenvalue weighted by Gasteiger charge is 2.18. The number of benzene rings is 1. The van der Waals surface area contributed by atoms with Crippen molar-refractivity contribution in [1.82, 2.24) is 4.72 Å². The van der Waals surface area contributed by atoms with E-state index in [1.807, 2.05) is 0 Å². The zero-order chi connectivity index (χ0) is 13.6. The van der Waals surface area contributed by atoms with Gasteiger partial charge in [0.1, 0.15) is 0 Å². The number of rotatable bonds is 7.